The molecule has 1 amide bonds. The van der Waals surface area contributed by atoms with Crippen molar-refractivity contribution in [2.24, 2.45) is 0 Å². The molecule has 5 heteroatoms. The Kier molecular flexibility index (Phi) is 4.89. The third-order valence-electron chi connectivity index (χ3n) is 2.87. The Hall–Kier alpha value is -0.840. The Morgan fingerprint density at radius 3 is 2.30 bits per heavy atom. The molecule has 2 aromatic carbocycles. The van der Waals surface area contributed by atoms with Crippen molar-refractivity contribution in [3.63, 3.8) is 0 Å². The van der Waals surface area contributed by atoms with Crippen molar-refractivity contribution >= 4 is 55.1 Å². The highest BCUT2D eigenvalue weighted by molar-refractivity contribution is 9.10. The van der Waals surface area contributed by atoms with Gasteiger partial charge in [0, 0.05) is 19.7 Å². The van der Waals surface area contributed by atoms with Gasteiger partial charge in [-0.05, 0) is 71.2 Å². The molecule has 0 bridgehead atoms. The van der Waals surface area contributed by atoms with E-state index in [1.807, 2.05) is 26.0 Å². The zero-order valence-electron chi connectivity index (χ0n) is 10.9. The third-order valence-corrected chi connectivity index (χ3v) is 5.04. The van der Waals surface area contributed by atoms with Crippen LogP contribution in [0.1, 0.15) is 21.5 Å². The molecule has 0 aliphatic rings. The molecule has 0 fully saturated rings. The molecule has 0 aliphatic carbocycles. The quantitative estimate of drug-likeness (QED) is 0.664. The molecular formula is C15H12Br2ClNO. The van der Waals surface area contributed by atoms with E-state index in [2.05, 4.69) is 37.2 Å². The van der Waals surface area contributed by atoms with Crippen LogP contribution in [0, 0.1) is 13.8 Å². The normalized spacial score (nSPS) is 10.4. The number of carbonyl (C=O) groups excluding carboxylic acids is 1. The van der Waals surface area contributed by atoms with Gasteiger partial charge in [-0.2, -0.15) is 0 Å². The van der Waals surface area contributed by atoms with Crippen molar-refractivity contribution in [2.45, 2.75) is 13.8 Å². The molecular weight excluding hydrogens is 405 g/mol. The van der Waals surface area contributed by atoms with E-state index in [1.54, 1.807) is 18.2 Å². The number of rotatable bonds is 2. The Bertz CT molecular complexity index is 663. The number of hydrogen-bond acceptors (Lipinski definition) is 1. The van der Waals surface area contributed by atoms with Crippen molar-refractivity contribution in [2.75, 3.05) is 5.32 Å². The Morgan fingerprint density at radius 1 is 1.10 bits per heavy atom. The maximum Gasteiger partial charge on any atom is 0.256 e. The van der Waals surface area contributed by atoms with Crippen molar-refractivity contribution < 1.29 is 4.79 Å². The summed E-state index contributed by atoms with van der Waals surface area (Å²) in [6.07, 6.45) is 0. The summed E-state index contributed by atoms with van der Waals surface area (Å²) in [5.41, 5.74) is 3.42. The van der Waals surface area contributed by atoms with Gasteiger partial charge in [0.1, 0.15) is 0 Å². The van der Waals surface area contributed by atoms with E-state index in [1.165, 1.54) is 0 Å². The maximum atomic E-state index is 12.3. The number of carbonyl (C=O) groups is 1. The summed E-state index contributed by atoms with van der Waals surface area (Å²) in [5, 5.41) is 3.42. The van der Waals surface area contributed by atoms with Gasteiger partial charge in [-0.1, -0.05) is 27.5 Å². The van der Waals surface area contributed by atoms with Crippen molar-refractivity contribution in [1.29, 1.82) is 0 Å². The van der Waals surface area contributed by atoms with Gasteiger partial charge in [0.2, 0.25) is 0 Å². The largest absolute Gasteiger partial charge is 0.322 e. The standard InChI is InChI=1S/C15H12Br2ClNO/c1-8-5-11(6-9(2)14(8)17)19-15(20)12-7-10(18)3-4-13(12)16/h3-7H,1-2H3,(H,19,20). The Labute approximate surface area is 139 Å². The molecule has 0 aromatic heterocycles. The van der Waals surface area contributed by atoms with E-state index >= 15 is 0 Å². The lowest BCUT2D eigenvalue weighted by Crippen LogP contribution is -2.13. The van der Waals surface area contributed by atoms with Gasteiger partial charge in [-0.3, -0.25) is 4.79 Å². The molecule has 2 aromatic rings. The molecule has 0 radical (unpaired) electrons. The van der Waals surface area contributed by atoms with Gasteiger partial charge in [-0.15, -0.1) is 0 Å². The lowest BCUT2D eigenvalue weighted by Gasteiger charge is -2.10. The molecule has 2 rings (SSSR count). The van der Waals surface area contributed by atoms with E-state index < -0.39 is 0 Å². The van der Waals surface area contributed by atoms with Gasteiger partial charge >= 0.3 is 0 Å². The second-order valence-corrected chi connectivity index (χ2v) is 6.59. The van der Waals surface area contributed by atoms with Gasteiger partial charge in [0.05, 0.1) is 5.56 Å². The molecule has 104 valence electrons. The van der Waals surface area contributed by atoms with Crippen LogP contribution in [0.5, 0.6) is 0 Å². The van der Waals surface area contributed by atoms with Crippen LogP contribution in [0.4, 0.5) is 5.69 Å². The fourth-order valence-electron chi connectivity index (χ4n) is 1.89. The number of hydrogen-bond donors (Lipinski definition) is 1. The first-order valence-electron chi connectivity index (χ1n) is 5.91. The highest BCUT2D eigenvalue weighted by Gasteiger charge is 2.12. The number of benzene rings is 2. The van der Waals surface area contributed by atoms with Crippen LogP contribution in [0.3, 0.4) is 0 Å². The smallest absolute Gasteiger partial charge is 0.256 e. The van der Waals surface area contributed by atoms with Gasteiger partial charge in [-0.25, -0.2) is 0 Å². The molecule has 20 heavy (non-hydrogen) atoms. The van der Waals surface area contributed by atoms with Crippen molar-refractivity contribution in [3.8, 4) is 0 Å². The summed E-state index contributed by atoms with van der Waals surface area (Å²) >= 11 is 12.8. The number of nitrogens with one attached hydrogen (secondary N) is 1. The first-order chi connectivity index (χ1) is 9.38. The highest BCUT2D eigenvalue weighted by atomic mass is 79.9. The van der Waals surface area contributed by atoms with Gasteiger partial charge in [0.15, 0.2) is 0 Å². The monoisotopic (exact) mass is 415 g/mol. The van der Waals surface area contributed by atoms with Crippen LogP contribution in [0.2, 0.25) is 5.02 Å². The predicted octanol–water partition coefficient (Wildman–Crippen LogP) is 5.73. The summed E-state index contributed by atoms with van der Waals surface area (Å²) in [5.74, 6) is -0.194. The highest BCUT2D eigenvalue weighted by Crippen LogP contribution is 2.26. The number of amides is 1. The Morgan fingerprint density at radius 2 is 1.70 bits per heavy atom. The zero-order chi connectivity index (χ0) is 14.9. The van der Waals surface area contributed by atoms with E-state index in [0.717, 1.165) is 21.3 Å². The SMILES string of the molecule is Cc1cc(NC(=O)c2cc(Cl)ccc2Br)cc(C)c1Br. The van der Waals surface area contributed by atoms with Crippen LogP contribution < -0.4 is 5.32 Å². The summed E-state index contributed by atoms with van der Waals surface area (Å²) < 4.78 is 1.77. The predicted molar refractivity (Wildman–Crippen MR) is 90.7 cm³/mol. The van der Waals surface area contributed by atoms with E-state index in [-0.39, 0.29) is 5.91 Å². The average molecular weight is 418 g/mol. The average Bonchev–Trinajstić information content (AvgIpc) is 2.38. The molecule has 0 atom stereocenters. The maximum absolute atomic E-state index is 12.3. The summed E-state index contributed by atoms with van der Waals surface area (Å²) in [6.45, 7) is 3.98. The third kappa shape index (κ3) is 3.43. The summed E-state index contributed by atoms with van der Waals surface area (Å²) in [6, 6.07) is 8.98. The molecule has 2 nitrogen and oxygen atoms in total. The topological polar surface area (TPSA) is 29.1 Å². The first-order valence-corrected chi connectivity index (χ1v) is 7.88. The fourth-order valence-corrected chi connectivity index (χ4v) is 2.72. The number of aryl methyl sites for hydroxylation is 2. The zero-order valence-corrected chi connectivity index (χ0v) is 14.9. The molecule has 1 N–H and O–H groups in total. The van der Waals surface area contributed by atoms with E-state index in [9.17, 15) is 4.79 Å². The van der Waals surface area contributed by atoms with Gasteiger partial charge < -0.3 is 5.32 Å². The number of anilines is 1. The van der Waals surface area contributed by atoms with E-state index in [0.29, 0.717) is 15.1 Å². The number of halogens is 3. The fraction of sp³-hybridized carbons (Fsp3) is 0.133. The van der Waals surface area contributed by atoms with Crippen molar-refractivity contribution in [3.05, 3.63) is 61.0 Å². The summed E-state index contributed by atoms with van der Waals surface area (Å²) in [7, 11) is 0. The minimum atomic E-state index is -0.194. The Balaban J connectivity index is 2.30. The lowest BCUT2D eigenvalue weighted by atomic mass is 10.1. The van der Waals surface area contributed by atoms with Crippen LogP contribution in [-0.2, 0) is 0 Å². The van der Waals surface area contributed by atoms with Gasteiger partial charge in [0.25, 0.3) is 5.91 Å². The van der Waals surface area contributed by atoms with Crippen LogP contribution in [0.25, 0.3) is 0 Å². The second-order valence-electron chi connectivity index (χ2n) is 4.50. The molecule has 0 spiro atoms. The van der Waals surface area contributed by atoms with E-state index in [4.69, 9.17) is 11.6 Å². The summed E-state index contributed by atoms with van der Waals surface area (Å²) in [4.78, 5) is 12.3. The van der Waals surface area contributed by atoms with Crippen LogP contribution >= 0.6 is 43.5 Å². The second kappa shape index (κ2) is 6.29. The molecule has 0 saturated heterocycles. The first kappa shape index (κ1) is 15.5. The van der Waals surface area contributed by atoms with Crippen molar-refractivity contribution in [1.82, 2.24) is 0 Å². The minimum absolute atomic E-state index is 0.194. The van der Waals surface area contributed by atoms with Crippen LogP contribution in [-0.4, -0.2) is 5.91 Å². The molecule has 0 saturated carbocycles. The molecule has 0 aliphatic heterocycles. The molecule has 0 unspecified atom stereocenters. The lowest BCUT2D eigenvalue weighted by molar-refractivity contribution is 0.102. The van der Waals surface area contributed by atoms with Crippen LogP contribution in [0.15, 0.2) is 39.3 Å². The molecule has 0 heterocycles. The minimum Gasteiger partial charge on any atom is -0.322 e.